The number of anilines is 2. The molecule has 2 heterocycles. The van der Waals surface area contributed by atoms with Crippen molar-refractivity contribution < 1.29 is 14.2 Å². The number of aromatic nitrogens is 2. The fourth-order valence-electron chi connectivity index (χ4n) is 3.52. The highest BCUT2D eigenvalue weighted by Gasteiger charge is 2.07. The second-order valence-electron chi connectivity index (χ2n) is 7.82. The number of para-hydroxylation sites is 2. The Morgan fingerprint density at radius 3 is 2.00 bits per heavy atom. The number of nitrogens with zero attached hydrogens (tertiary/aromatic N) is 3. The number of nitrogens with two attached hydrogens (primary N) is 4. The normalized spacial score (nSPS) is 11.6. The highest BCUT2D eigenvalue weighted by Crippen LogP contribution is 2.27. The molecular formula is C25H29N7O3. The first-order chi connectivity index (χ1) is 17.0. The van der Waals surface area contributed by atoms with Crippen LogP contribution >= 0.6 is 0 Å². The molecule has 0 unspecified atom stereocenters. The van der Waals surface area contributed by atoms with Crippen molar-refractivity contribution in [1.82, 2.24) is 15.0 Å². The van der Waals surface area contributed by atoms with Crippen LogP contribution in [0.3, 0.4) is 0 Å². The molecule has 0 saturated carbocycles. The molecule has 8 N–H and O–H groups in total. The molecule has 0 spiro atoms. The number of fused-ring (bicyclic) bond motifs is 2. The van der Waals surface area contributed by atoms with E-state index in [4.69, 9.17) is 37.3 Å². The van der Waals surface area contributed by atoms with Gasteiger partial charge in [0.2, 0.25) is 0 Å². The molecule has 2 aromatic carbocycles. The first-order valence-electron chi connectivity index (χ1n) is 11.1. The molecule has 35 heavy (non-hydrogen) atoms. The van der Waals surface area contributed by atoms with E-state index in [-0.39, 0.29) is 6.61 Å². The summed E-state index contributed by atoms with van der Waals surface area (Å²) in [5, 5.41) is 3.22. The van der Waals surface area contributed by atoms with Crippen molar-refractivity contribution >= 4 is 33.4 Å². The van der Waals surface area contributed by atoms with Crippen molar-refractivity contribution in [2.24, 2.45) is 11.6 Å². The van der Waals surface area contributed by atoms with E-state index in [9.17, 15) is 0 Å². The molecule has 10 heteroatoms. The van der Waals surface area contributed by atoms with E-state index in [0.29, 0.717) is 55.2 Å². The average molecular weight is 476 g/mol. The van der Waals surface area contributed by atoms with Gasteiger partial charge in [-0.25, -0.2) is 15.8 Å². The van der Waals surface area contributed by atoms with Crippen molar-refractivity contribution in [2.75, 3.05) is 44.4 Å². The zero-order valence-corrected chi connectivity index (χ0v) is 19.3. The minimum Gasteiger partial charge on any atom is -0.490 e. The lowest BCUT2D eigenvalue weighted by Gasteiger charge is -2.16. The minimum absolute atomic E-state index is 0.152. The summed E-state index contributed by atoms with van der Waals surface area (Å²) in [6.45, 7) is 1.75. The van der Waals surface area contributed by atoms with Gasteiger partial charge in [-0.05, 0) is 24.3 Å². The van der Waals surface area contributed by atoms with Crippen LogP contribution in [0.4, 0.5) is 11.6 Å². The predicted molar refractivity (Wildman–Crippen MR) is 137 cm³/mol. The van der Waals surface area contributed by atoms with E-state index >= 15 is 0 Å². The van der Waals surface area contributed by atoms with Crippen molar-refractivity contribution in [3.8, 4) is 11.5 Å². The van der Waals surface area contributed by atoms with Gasteiger partial charge in [-0.15, -0.1) is 0 Å². The Morgan fingerprint density at radius 1 is 0.800 bits per heavy atom. The van der Waals surface area contributed by atoms with Crippen LogP contribution < -0.4 is 32.5 Å². The van der Waals surface area contributed by atoms with Crippen molar-refractivity contribution in [3.63, 3.8) is 0 Å². The Hall–Kier alpha value is -4.28. The third-order valence-electron chi connectivity index (χ3n) is 5.10. The van der Waals surface area contributed by atoms with Crippen LogP contribution in [0.15, 0.2) is 72.6 Å². The molecule has 0 aliphatic carbocycles. The molecule has 0 aliphatic rings. The second-order valence-corrected chi connectivity index (χ2v) is 7.82. The third kappa shape index (κ3) is 6.40. The zero-order chi connectivity index (χ0) is 24.6. The van der Waals surface area contributed by atoms with Crippen LogP contribution in [-0.4, -0.2) is 47.9 Å². The molecule has 4 rings (SSSR count). The van der Waals surface area contributed by atoms with Crippen molar-refractivity contribution in [2.45, 2.75) is 0 Å². The van der Waals surface area contributed by atoms with Gasteiger partial charge in [0.15, 0.2) is 0 Å². The van der Waals surface area contributed by atoms with Crippen LogP contribution in [0.5, 0.6) is 11.5 Å². The number of pyridine rings is 2. The maximum Gasteiger partial charge on any atom is 0.132 e. The lowest BCUT2D eigenvalue weighted by Crippen LogP contribution is -2.31. The molecule has 0 saturated heterocycles. The maximum atomic E-state index is 6.07. The molecule has 4 aromatic rings. The number of hydrogen-bond acceptors (Lipinski definition) is 10. The number of hydrazine groups is 1. The molecule has 182 valence electrons. The first-order valence-corrected chi connectivity index (χ1v) is 11.1. The van der Waals surface area contributed by atoms with Crippen molar-refractivity contribution in [3.05, 3.63) is 72.6 Å². The molecule has 0 bridgehead atoms. The van der Waals surface area contributed by atoms with E-state index in [1.54, 1.807) is 18.3 Å². The number of benzene rings is 2. The molecule has 0 amide bonds. The topological polar surface area (TPSA) is 161 Å². The second kappa shape index (κ2) is 11.2. The third-order valence-corrected chi connectivity index (χ3v) is 5.10. The van der Waals surface area contributed by atoms with Crippen LogP contribution in [0.1, 0.15) is 0 Å². The van der Waals surface area contributed by atoms with Crippen molar-refractivity contribution in [1.29, 1.82) is 0 Å². The van der Waals surface area contributed by atoms with E-state index in [1.165, 1.54) is 5.01 Å². The Morgan fingerprint density at radius 2 is 1.37 bits per heavy atom. The average Bonchev–Trinajstić information content (AvgIpc) is 2.84. The SMILES string of the molecule is N/C(=C\N(N)CCOCCOc1cc(N)nc2ccccc12)COc1cc(N)nc2ccccc12. The van der Waals surface area contributed by atoms with Gasteiger partial charge in [0.05, 0.1) is 36.5 Å². The van der Waals surface area contributed by atoms with E-state index in [1.807, 2.05) is 48.5 Å². The van der Waals surface area contributed by atoms with Gasteiger partial charge < -0.3 is 36.4 Å². The highest BCUT2D eigenvalue weighted by atomic mass is 16.5. The van der Waals surface area contributed by atoms with E-state index in [2.05, 4.69) is 9.97 Å². The minimum atomic E-state index is 0.152. The number of hydrogen-bond donors (Lipinski definition) is 4. The molecule has 10 nitrogen and oxygen atoms in total. The molecule has 2 aromatic heterocycles. The van der Waals surface area contributed by atoms with Crippen LogP contribution in [0.2, 0.25) is 0 Å². The van der Waals surface area contributed by atoms with Gasteiger partial charge in [0, 0.05) is 29.1 Å². The fourth-order valence-corrected chi connectivity index (χ4v) is 3.52. The summed E-state index contributed by atoms with van der Waals surface area (Å²) in [4.78, 5) is 8.59. The maximum absolute atomic E-state index is 6.07. The van der Waals surface area contributed by atoms with Gasteiger partial charge in [-0.1, -0.05) is 24.3 Å². The summed E-state index contributed by atoms with van der Waals surface area (Å²) in [6.07, 6.45) is 1.61. The molecule has 0 fully saturated rings. The van der Waals surface area contributed by atoms with E-state index < -0.39 is 0 Å². The summed E-state index contributed by atoms with van der Waals surface area (Å²) in [6, 6.07) is 18.7. The number of ether oxygens (including phenoxy) is 3. The van der Waals surface area contributed by atoms with Gasteiger partial charge in [0.25, 0.3) is 0 Å². The quantitative estimate of drug-likeness (QED) is 0.144. The molecule has 0 aliphatic heterocycles. The van der Waals surface area contributed by atoms with Crippen LogP contribution in [0.25, 0.3) is 21.8 Å². The van der Waals surface area contributed by atoms with Gasteiger partial charge >= 0.3 is 0 Å². The summed E-state index contributed by atoms with van der Waals surface area (Å²) in [5.41, 5.74) is 19.8. The number of nitrogen functional groups attached to an aromatic ring is 2. The number of rotatable bonds is 11. The van der Waals surface area contributed by atoms with Crippen LogP contribution in [-0.2, 0) is 4.74 Å². The van der Waals surface area contributed by atoms with E-state index in [0.717, 1.165) is 21.8 Å². The summed E-state index contributed by atoms with van der Waals surface area (Å²) in [7, 11) is 0. The molecule has 0 atom stereocenters. The Kier molecular flexibility index (Phi) is 7.66. The Labute approximate surface area is 203 Å². The predicted octanol–water partition coefficient (Wildman–Crippen LogP) is 2.40. The Bertz CT molecular complexity index is 1330. The smallest absolute Gasteiger partial charge is 0.132 e. The largest absolute Gasteiger partial charge is 0.490 e. The lowest BCUT2D eigenvalue weighted by atomic mass is 10.2. The fraction of sp³-hybridized carbons (Fsp3) is 0.200. The van der Waals surface area contributed by atoms with Gasteiger partial charge in [-0.3, -0.25) is 0 Å². The molecule has 0 radical (unpaired) electrons. The zero-order valence-electron chi connectivity index (χ0n) is 19.3. The highest BCUT2D eigenvalue weighted by molar-refractivity contribution is 5.87. The lowest BCUT2D eigenvalue weighted by molar-refractivity contribution is 0.0885. The standard InChI is InChI=1S/C25H29N7O3/c26-17(16-35-23-14-25(28)31-21-8-4-2-6-19(21)23)15-32(29)9-10-33-11-12-34-22-13-24(27)30-20-7-3-1-5-18(20)22/h1-8,13-15H,9-12,16,26,29H2,(H2,27,30)(H2,28,31)/b17-15-. The van der Waals surface area contributed by atoms with Crippen LogP contribution in [0, 0.1) is 0 Å². The summed E-state index contributed by atoms with van der Waals surface area (Å²) >= 11 is 0. The summed E-state index contributed by atoms with van der Waals surface area (Å²) in [5.74, 6) is 8.08. The first kappa shape index (κ1) is 23.9. The monoisotopic (exact) mass is 475 g/mol. The Balaban J connectivity index is 1.19. The van der Waals surface area contributed by atoms with Gasteiger partial charge in [-0.2, -0.15) is 0 Å². The molecular weight excluding hydrogens is 446 g/mol. The van der Waals surface area contributed by atoms with Gasteiger partial charge in [0.1, 0.15) is 36.3 Å². The summed E-state index contributed by atoms with van der Waals surface area (Å²) < 4.78 is 17.3.